The second-order valence-corrected chi connectivity index (χ2v) is 11.0. The lowest BCUT2D eigenvalue weighted by molar-refractivity contribution is -0.139. The maximum absolute atomic E-state index is 14.1. The van der Waals surface area contributed by atoms with Crippen LogP contribution < -0.4 is 24.4 Å². The molecule has 40 heavy (non-hydrogen) atoms. The quantitative estimate of drug-likeness (QED) is 0.314. The van der Waals surface area contributed by atoms with Gasteiger partial charge in [0.15, 0.2) is 16.3 Å². The Balaban J connectivity index is 1.75. The third kappa shape index (κ3) is 4.64. The Morgan fingerprint density at radius 1 is 1.15 bits per heavy atom. The van der Waals surface area contributed by atoms with Gasteiger partial charge in [0.05, 0.1) is 41.7 Å². The van der Waals surface area contributed by atoms with Gasteiger partial charge in [-0.3, -0.25) is 9.36 Å². The Morgan fingerprint density at radius 2 is 1.90 bits per heavy atom. The van der Waals surface area contributed by atoms with E-state index in [2.05, 4.69) is 16.7 Å². The summed E-state index contributed by atoms with van der Waals surface area (Å²) in [5, 5.41) is 1.07. The number of rotatable bonds is 7. The molecule has 0 saturated heterocycles. The number of carbonyl (C=O) groups is 1. The van der Waals surface area contributed by atoms with E-state index in [0.717, 1.165) is 22.2 Å². The molecule has 0 saturated carbocycles. The van der Waals surface area contributed by atoms with Crippen molar-refractivity contribution in [1.29, 1.82) is 0 Å². The normalized spacial score (nSPS) is 15.4. The molecule has 2 aromatic heterocycles. The van der Waals surface area contributed by atoms with Crippen LogP contribution in [0.25, 0.3) is 17.0 Å². The molecule has 4 aromatic rings. The van der Waals surface area contributed by atoms with Crippen LogP contribution in [0.5, 0.6) is 11.5 Å². The van der Waals surface area contributed by atoms with Gasteiger partial charge in [-0.15, -0.1) is 0 Å². The third-order valence-corrected chi connectivity index (χ3v) is 8.09. The molecule has 0 radical (unpaired) electrons. The number of para-hydroxylation sites is 1. The minimum atomic E-state index is -0.743. The molecule has 1 aliphatic heterocycles. The monoisotopic (exact) mass is 559 g/mol. The second-order valence-electron chi connectivity index (χ2n) is 9.95. The highest BCUT2D eigenvalue weighted by Gasteiger charge is 2.34. The number of carbonyl (C=O) groups excluding carboxylic acids is 1. The molecular weight excluding hydrogens is 526 g/mol. The maximum atomic E-state index is 14.1. The Bertz CT molecular complexity index is 1840. The van der Waals surface area contributed by atoms with Crippen LogP contribution in [0.2, 0.25) is 0 Å². The highest BCUT2D eigenvalue weighted by molar-refractivity contribution is 7.07. The molecule has 0 amide bonds. The molecule has 0 N–H and O–H groups in total. The topological polar surface area (TPSA) is 84.1 Å². The third-order valence-electron chi connectivity index (χ3n) is 7.11. The van der Waals surface area contributed by atoms with Gasteiger partial charge in [-0.2, -0.15) is 0 Å². The predicted octanol–water partition coefficient (Wildman–Crippen LogP) is 4.39. The standard InChI is InChI=1S/C31H33N3O5S/c1-8-38-30(36)27-18(4)32-31-34(28(27)20-13-14-24(39-17(2)3)25(15-20)37-7)29(35)26(40-31)16-22-19(5)33(6)23-12-10-9-11-21(22)23/h9-17,28H,8H2,1-7H3/b26-16-/t28-/m1/s1. The molecule has 0 fully saturated rings. The predicted molar refractivity (Wildman–Crippen MR) is 157 cm³/mol. The average molecular weight is 560 g/mol. The van der Waals surface area contributed by atoms with Crippen molar-refractivity contribution in [2.24, 2.45) is 12.0 Å². The van der Waals surface area contributed by atoms with Crippen molar-refractivity contribution in [3.63, 3.8) is 0 Å². The fraction of sp³-hybridized carbons (Fsp3) is 0.323. The van der Waals surface area contributed by atoms with Crippen LogP contribution in [-0.2, 0) is 16.6 Å². The summed E-state index contributed by atoms with van der Waals surface area (Å²) in [6, 6.07) is 12.9. The van der Waals surface area contributed by atoms with Gasteiger partial charge >= 0.3 is 5.97 Å². The minimum Gasteiger partial charge on any atom is -0.493 e. The molecule has 208 valence electrons. The average Bonchev–Trinajstić information content (AvgIpc) is 3.36. The summed E-state index contributed by atoms with van der Waals surface area (Å²) in [4.78, 5) is 32.6. The van der Waals surface area contributed by atoms with E-state index in [0.29, 0.717) is 37.7 Å². The van der Waals surface area contributed by atoms with E-state index in [1.54, 1.807) is 25.5 Å². The summed E-state index contributed by atoms with van der Waals surface area (Å²) in [6.07, 6.45) is 1.88. The molecule has 0 spiro atoms. The van der Waals surface area contributed by atoms with Gasteiger partial charge in [-0.1, -0.05) is 35.6 Å². The van der Waals surface area contributed by atoms with E-state index >= 15 is 0 Å². The van der Waals surface area contributed by atoms with Crippen LogP contribution in [-0.4, -0.2) is 34.9 Å². The lowest BCUT2D eigenvalue weighted by Gasteiger charge is -2.25. The zero-order valence-corrected chi connectivity index (χ0v) is 24.6. The van der Waals surface area contributed by atoms with Crippen molar-refractivity contribution in [2.45, 2.75) is 46.8 Å². The van der Waals surface area contributed by atoms with E-state index in [1.807, 2.05) is 64.2 Å². The van der Waals surface area contributed by atoms with Gasteiger partial charge < -0.3 is 18.8 Å². The van der Waals surface area contributed by atoms with Gasteiger partial charge in [-0.05, 0) is 64.5 Å². The molecule has 8 nitrogen and oxygen atoms in total. The van der Waals surface area contributed by atoms with Crippen LogP contribution >= 0.6 is 11.3 Å². The number of esters is 1. The van der Waals surface area contributed by atoms with Crippen LogP contribution in [0.15, 0.2) is 63.5 Å². The SMILES string of the molecule is CCOC(=O)C1=C(C)N=c2s/c(=C\c3c(C)n(C)c4ccccc34)c(=O)n2[C@@H]1c1ccc(OC(C)C)c(OC)c1. The Hall–Kier alpha value is -4.11. The number of aryl methyl sites for hydroxylation is 1. The van der Waals surface area contributed by atoms with E-state index < -0.39 is 12.0 Å². The van der Waals surface area contributed by atoms with Crippen molar-refractivity contribution in [2.75, 3.05) is 13.7 Å². The van der Waals surface area contributed by atoms with E-state index in [9.17, 15) is 9.59 Å². The van der Waals surface area contributed by atoms with Crippen molar-refractivity contribution in [1.82, 2.24) is 9.13 Å². The maximum Gasteiger partial charge on any atom is 0.338 e. The van der Waals surface area contributed by atoms with Crippen LogP contribution in [0.1, 0.15) is 50.6 Å². The molecule has 0 aliphatic carbocycles. The number of aromatic nitrogens is 2. The van der Waals surface area contributed by atoms with Gasteiger partial charge in [0.2, 0.25) is 0 Å². The molecule has 1 aliphatic rings. The number of benzene rings is 2. The van der Waals surface area contributed by atoms with Gasteiger partial charge in [-0.25, -0.2) is 9.79 Å². The summed E-state index contributed by atoms with van der Waals surface area (Å²) in [7, 11) is 3.59. The number of ether oxygens (including phenoxy) is 3. The van der Waals surface area contributed by atoms with E-state index in [1.165, 1.54) is 11.3 Å². The molecule has 1 atom stereocenters. The van der Waals surface area contributed by atoms with Crippen molar-refractivity contribution < 1.29 is 19.0 Å². The fourth-order valence-corrected chi connectivity index (χ4v) is 6.20. The minimum absolute atomic E-state index is 0.0489. The van der Waals surface area contributed by atoms with Crippen molar-refractivity contribution >= 4 is 34.3 Å². The zero-order valence-electron chi connectivity index (χ0n) is 23.8. The van der Waals surface area contributed by atoms with Crippen LogP contribution in [0.3, 0.4) is 0 Å². The Labute approximate surface area is 236 Å². The molecule has 5 rings (SSSR count). The van der Waals surface area contributed by atoms with Crippen LogP contribution in [0, 0.1) is 6.92 Å². The lowest BCUT2D eigenvalue weighted by Crippen LogP contribution is -2.40. The van der Waals surface area contributed by atoms with Crippen LogP contribution in [0.4, 0.5) is 0 Å². The van der Waals surface area contributed by atoms with Crippen molar-refractivity contribution in [3.8, 4) is 11.5 Å². The number of allylic oxidation sites excluding steroid dienone is 1. The Kier molecular flexibility index (Phi) is 7.42. The molecule has 0 unspecified atom stereocenters. The summed E-state index contributed by atoms with van der Waals surface area (Å²) >= 11 is 1.31. The number of methoxy groups -OCH3 is 1. The first-order chi connectivity index (χ1) is 19.2. The lowest BCUT2D eigenvalue weighted by atomic mass is 9.95. The smallest absolute Gasteiger partial charge is 0.338 e. The summed E-state index contributed by atoms with van der Waals surface area (Å²) < 4.78 is 21.2. The number of fused-ring (bicyclic) bond motifs is 2. The largest absolute Gasteiger partial charge is 0.493 e. The summed E-state index contributed by atoms with van der Waals surface area (Å²) in [6.45, 7) is 9.66. The number of nitrogens with zero attached hydrogens (tertiary/aromatic N) is 3. The summed E-state index contributed by atoms with van der Waals surface area (Å²) in [5.74, 6) is 0.588. The second kappa shape index (κ2) is 10.8. The molecular formula is C31H33N3O5S. The molecule has 0 bridgehead atoms. The first-order valence-corrected chi connectivity index (χ1v) is 14.1. The number of hydrogen-bond donors (Lipinski definition) is 0. The number of thiazole rings is 1. The highest BCUT2D eigenvalue weighted by Crippen LogP contribution is 2.36. The van der Waals surface area contributed by atoms with E-state index in [4.69, 9.17) is 19.2 Å². The van der Waals surface area contributed by atoms with Gasteiger partial charge in [0, 0.05) is 29.2 Å². The first-order valence-electron chi connectivity index (χ1n) is 13.2. The van der Waals surface area contributed by atoms with E-state index in [-0.39, 0.29) is 18.3 Å². The first kappa shape index (κ1) is 27.5. The fourth-order valence-electron chi connectivity index (χ4n) is 5.18. The molecule has 2 aromatic carbocycles. The molecule has 3 heterocycles. The highest BCUT2D eigenvalue weighted by atomic mass is 32.1. The Morgan fingerprint density at radius 3 is 2.60 bits per heavy atom. The van der Waals surface area contributed by atoms with Gasteiger partial charge in [0.25, 0.3) is 5.56 Å². The zero-order chi connectivity index (χ0) is 28.7. The summed E-state index contributed by atoms with van der Waals surface area (Å²) in [5.41, 5.74) is 4.43. The number of hydrogen-bond acceptors (Lipinski definition) is 7. The van der Waals surface area contributed by atoms with Crippen molar-refractivity contribution in [3.05, 3.63) is 90.2 Å². The molecule has 9 heteroatoms. The van der Waals surface area contributed by atoms with Gasteiger partial charge in [0.1, 0.15) is 0 Å².